The van der Waals surface area contributed by atoms with E-state index in [-0.39, 0.29) is 17.4 Å². The molecule has 1 fully saturated rings. The van der Waals surface area contributed by atoms with Crippen molar-refractivity contribution in [2.75, 3.05) is 5.32 Å². The molecule has 0 unspecified atom stereocenters. The van der Waals surface area contributed by atoms with Crippen molar-refractivity contribution < 1.29 is 33.8 Å². The Balaban J connectivity index is 1.68. The van der Waals surface area contributed by atoms with Crippen LogP contribution in [-0.4, -0.2) is 45.0 Å². The van der Waals surface area contributed by atoms with Gasteiger partial charge in [0.15, 0.2) is 5.13 Å². The van der Waals surface area contributed by atoms with E-state index >= 15 is 0 Å². The van der Waals surface area contributed by atoms with E-state index in [1.54, 1.807) is 20.8 Å². The number of benzene rings is 1. The van der Waals surface area contributed by atoms with Crippen molar-refractivity contribution >= 4 is 40.2 Å². The molecule has 1 aliphatic rings. The van der Waals surface area contributed by atoms with Crippen LogP contribution in [0.5, 0.6) is 0 Å². The fourth-order valence-corrected chi connectivity index (χ4v) is 3.53. The Morgan fingerprint density at radius 1 is 1.21 bits per heavy atom. The predicted octanol–water partition coefficient (Wildman–Crippen LogP) is 3.96. The fraction of sp³-hybridized carbons (Fsp3) is 0.409. The van der Waals surface area contributed by atoms with Crippen LogP contribution in [0, 0.1) is 0 Å². The average molecular weight is 476 g/mol. The molecule has 2 aromatic rings. The lowest BCUT2D eigenvalue weighted by Crippen LogP contribution is -2.48. The Hall–Kier alpha value is -3.47. The molecule has 3 rings (SSSR count). The number of oxime groups is 1. The highest BCUT2D eigenvalue weighted by Gasteiger charge is 2.49. The molecule has 1 aromatic carbocycles. The lowest BCUT2D eigenvalue weighted by molar-refractivity contribution is -0.187. The maximum absolute atomic E-state index is 12.6. The summed E-state index contributed by atoms with van der Waals surface area (Å²) in [6.07, 6.45) is 0.723. The van der Waals surface area contributed by atoms with E-state index in [9.17, 15) is 19.5 Å². The summed E-state index contributed by atoms with van der Waals surface area (Å²) in [5.74, 6) is -1.99. The van der Waals surface area contributed by atoms with Crippen LogP contribution in [0.15, 0.2) is 40.9 Å². The lowest BCUT2D eigenvalue weighted by Gasteiger charge is -2.36. The SMILES string of the molecule is CC(C)(C)OC(=O)Nc1nc(/C(=N/OC2(C(=O)OCc3ccccc3)CCC2)C(=O)O)cs1. The molecule has 1 aliphatic carbocycles. The summed E-state index contributed by atoms with van der Waals surface area (Å²) < 4.78 is 10.5. The Labute approximate surface area is 194 Å². The van der Waals surface area contributed by atoms with E-state index in [1.165, 1.54) is 5.38 Å². The summed E-state index contributed by atoms with van der Waals surface area (Å²) in [5, 5.41) is 17.3. The maximum atomic E-state index is 12.6. The zero-order chi connectivity index (χ0) is 24.1. The third kappa shape index (κ3) is 6.51. The highest BCUT2D eigenvalue weighted by atomic mass is 32.1. The summed E-state index contributed by atoms with van der Waals surface area (Å²) in [6, 6.07) is 9.18. The number of carbonyl (C=O) groups is 3. The lowest BCUT2D eigenvalue weighted by atomic mass is 9.80. The first-order valence-electron chi connectivity index (χ1n) is 10.2. The zero-order valence-corrected chi connectivity index (χ0v) is 19.3. The van der Waals surface area contributed by atoms with Gasteiger partial charge in [0.1, 0.15) is 17.9 Å². The zero-order valence-electron chi connectivity index (χ0n) is 18.5. The number of hydrogen-bond donors (Lipinski definition) is 2. The summed E-state index contributed by atoms with van der Waals surface area (Å²) in [7, 11) is 0. The Morgan fingerprint density at radius 2 is 1.91 bits per heavy atom. The maximum Gasteiger partial charge on any atom is 0.413 e. The van der Waals surface area contributed by atoms with Crippen molar-refractivity contribution in [2.45, 2.75) is 57.8 Å². The van der Waals surface area contributed by atoms with E-state index in [0.29, 0.717) is 12.8 Å². The van der Waals surface area contributed by atoms with Crippen LogP contribution in [-0.2, 0) is 30.5 Å². The molecular weight excluding hydrogens is 450 g/mol. The molecule has 1 aromatic heterocycles. The van der Waals surface area contributed by atoms with Crippen LogP contribution in [0.3, 0.4) is 0 Å². The molecule has 33 heavy (non-hydrogen) atoms. The number of rotatable bonds is 8. The van der Waals surface area contributed by atoms with Crippen molar-refractivity contribution in [1.29, 1.82) is 0 Å². The molecule has 2 N–H and O–H groups in total. The van der Waals surface area contributed by atoms with Crippen LogP contribution in [0.25, 0.3) is 0 Å². The largest absolute Gasteiger partial charge is 0.476 e. The molecule has 0 atom stereocenters. The van der Waals surface area contributed by atoms with Crippen LogP contribution in [0.2, 0.25) is 0 Å². The van der Waals surface area contributed by atoms with Crippen LogP contribution < -0.4 is 5.32 Å². The normalized spacial score (nSPS) is 15.2. The van der Waals surface area contributed by atoms with Gasteiger partial charge < -0.3 is 19.4 Å². The highest BCUT2D eigenvalue weighted by molar-refractivity contribution is 7.14. The number of anilines is 1. The number of aromatic nitrogens is 1. The molecule has 0 radical (unpaired) electrons. The molecule has 1 amide bonds. The molecule has 1 heterocycles. The van der Waals surface area contributed by atoms with Crippen molar-refractivity contribution in [1.82, 2.24) is 4.98 Å². The Morgan fingerprint density at radius 3 is 2.48 bits per heavy atom. The Bertz CT molecular complexity index is 1040. The highest BCUT2D eigenvalue weighted by Crippen LogP contribution is 2.37. The summed E-state index contributed by atoms with van der Waals surface area (Å²) in [5.41, 5.74) is -1.72. The number of carbonyl (C=O) groups excluding carboxylic acids is 2. The molecule has 11 heteroatoms. The summed E-state index contributed by atoms with van der Waals surface area (Å²) in [6.45, 7) is 5.22. The van der Waals surface area contributed by atoms with Crippen molar-refractivity contribution in [2.24, 2.45) is 5.16 Å². The topological polar surface area (TPSA) is 136 Å². The van der Waals surface area contributed by atoms with Gasteiger partial charge in [0.2, 0.25) is 11.3 Å². The number of hydrogen-bond acceptors (Lipinski definition) is 9. The fourth-order valence-electron chi connectivity index (χ4n) is 2.84. The second kappa shape index (κ2) is 9.99. The monoisotopic (exact) mass is 475 g/mol. The van der Waals surface area contributed by atoms with Gasteiger partial charge in [-0.1, -0.05) is 35.5 Å². The molecule has 0 bridgehead atoms. The van der Waals surface area contributed by atoms with Crippen molar-refractivity contribution in [3.63, 3.8) is 0 Å². The van der Waals surface area contributed by atoms with Crippen molar-refractivity contribution in [3.8, 4) is 0 Å². The number of nitrogens with zero attached hydrogens (tertiary/aromatic N) is 2. The second-order valence-corrected chi connectivity index (χ2v) is 9.27. The number of nitrogens with one attached hydrogen (secondary N) is 1. The predicted molar refractivity (Wildman–Crippen MR) is 120 cm³/mol. The van der Waals surface area contributed by atoms with Gasteiger partial charge in [0.05, 0.1) is 0 Å². The summed E-state index contributed by atoms with van der Waals surface area (Å²) >= 11 is 1.00. The number of amides is 1. The second-order valence-electron chi connectivity index (χ2n) is 8.41. The van der Waals surface area contributed by atoms with Gasteiger partial charge >= 0.3 is 18.0 Å². The van der Waals surface area contributed by atoms with Gasteiger partial charge in [-0.25, -0.2) is 19.4 Å². The van der Waals surface area contributed by atoms with E-state index in [4.69, 9.17) is 14.3 Å². The molecule has 176 valence electrons. The minimum absolute atomic E-state index is 0.0225. The van der Waals surface area contributed by atoms with E-state index in [1.807, 2.05) is 30.3 Å². The van der Waals surface area contributed by atoms with E-state index in [2.05, 4.69) is 15.5 Å². The number of carboxylic acids is 1. The van der Waals surface area contributed by atoms with Gasteiger partial charge in [0, 0.05) is 18.2 Å². The van der Waals surface area contributed by atoms with Gasteiger partial charge in [0.25, 0.3) is 0 Å². The molecule has 0 spiro atoms. The summed E-state index contributed by atoms with van der Waals surface area (Å²) in [4.78, 5) is 45.8. The first-order chi connectivity index (χ1) is 15.6. The third-order valence-corrected chi connectivity index (χ3v) is 5.37. The first-order valence-corrected chi connectivity index (χ1v) is 11.1. The number of aliphatic carboxylic acids is 1. The number of esters is 1. The van der Waals surface area contributed by atoms with Gasteiger partial charge in [-0.2, -0.15) is 0 Å². The number of ether oxygens (including phenoxy) is 2. The molecular formula is C22H25N3O7S. The molecule has 0 saturated heterocycles. The quantitative estimate of drug-likeness (QED) is 0.333. The molecule has 0 aliphatic heterocycles. The van der Waals surface area contributed by atoms with Crippen molar-refractivity contribution in [3.05, 3.63) is 47.0 Å². The minimum Gasteiger partial charge on any atom is -0.476 e. The smallest absolute Gasteiger partial charge is 0.413 e. The molecule has 10 nitrogen and oxygen atoms in total. The third-order valence-electron chi connectivity index (χ3n) is 4.61. The standard InChI is InChI=1S/C22H25N3O7S/c1-21(2,3)31-20(29)24-19-23-15(13-33-19)16(17(26)27)25-32-22(10-7-11-22)18(28)30-12-14-8-5-4-6-9-14/h4-6,8-9,13H,7,10-12H2,1-3H3,(H,26,27)(H,23,24,29)/b25-16-. The van der Waals surface area contributed by atoms with Crippen LogP contribution in [0.1, 0.15) is 51.3 Å². The Kier molecular flexibility index (Phi) is 7.32. The number of thiazole rings is 1. The first kappa shape index (κ1) is 24.2. The van der Waals surface area contributed by atoms with Crippen LogP contribution >= 0.6 is 11.3 Å². The molecule has 1 saturated carbocycles. The van der Waals surface area contributed by atoms with E-state index < -0.39 is 34.9 Å². The minimum atomic E-state index is -1.39. The average Bonchev–Trinajstić information content (AvgIpc) is 3.15. The van der Waals surface area contributed by atoms with Gasteiger partial charge in [-0.15, -0.1) is 11.3 Å². The van der Waals surface area contributed by atoms with Crippen LogP contribution in [0.4, 0.5) is 9.93 Å². The van der Waals surface area contributed by atoms with Gasteiger partial charge in [-0.3, -0.25) is 5.32 Å². The van der Waals surface area contributed by atoms with E-state index in [0.717, 1.165) is 23.3 Å². The van der Waals surface area contributed by atoms with Gasteiger partial charge in [-0.05, 0) is 32.8 Å². The number of carboxylic acid groups (broad SMARTS) is 1.